The number of carbonyl (C=O) groups excluding carboxylic acids is 1. The van der Waals surface area contributed by atoms with Crippen LogP contribution in [0.15, 0.2) is 0 Å². The van der Waals surface area contributed by atoms with Crippen LogP contribution in [0.4, 0.5) is 4.79 Å². The molecule has 0 unspecified atom stereocenters. The molecule has 0 aromatic carbocycles. The first-order chi connectivity index (χ1) is 26.5. The van der Waals surface area contributed by atoms with Gasteiger partial charge in [-0.05, 0) is 27.2 Å². The SMILES string of the molecule is CCCCCCCCCCCCCCCCOCCOCCOCCOCCOCCOCCOCCOCCOCCOCCNC(=O)OC(C)(C)C. The summed E-state index contributed by atoms with van der Waals surface area (Å²) >= 11 is 0. The average molecular weight is 782 g/mol. The van der Waals surface area contributed by atoms with Gasteiger partial charge in [-0.15, -0.1) is 0 Å². The fraction of sp³-hybridized carbons (Fsp3) is 0.976. The summed E-state index contributed by atoms with van der Waals surface area (Å²) in [6.07, 6.45) is 18.8. The van der Waals surface area contributed by atoms with Crippen LogP contribution in [0.2, 0.25) is 0 Å². The van der Waals surface area contributed by atoms with Crippen LogP contribution in [0.25, 0.3) is 0 Å². The molecule has 0 atom stereocenters. The summed E-state index contributed by atoms with van der Waals surface area (Å²) < 4.78 is 60.3. The van der Waals surface area contributed by atoms with Crippen LogP contribution in [0.5, 0.6) is 0 Å². The largest absolute Gasteiger partial charge is 0.444 e. The van der Waals surface area contributed by atoms with Crippen molar-refractivity contribution in [2.45, 2.75) is 123 Å². The van der Waals surface area contributed by atoms with Crippen LogP contribution >= 0.6 is 0 Å². The molecule has 0 aliphatic heterocycles. The molecule has 0 radical (unpaired) electrons. The molecule has 0 spiro atoms. The minimum atomic E-state index is -0.509. The van der Waals surface area contributed by atoms with Crippen molar-refractivity contribution in [3.63, 3.8) is 0 Å². The number of amides is 1. The lowest BCUT2D eigenvalue weighted by Crippen LogP contribution is -2.34. The average Bonchev–Trinajstić information content (AvgIpc) is 3.14. The van der Waals surface area contributed by atoms with Crippen molar-refractivity contribution in [3.8, 4) is 0 Å². The van der Waals surface area contributed by atoms with E-state index < -0.39 is 11.7 Å². The van der Waals surface area contributed by atoms with Crippen molar-refractivity contribution in [2.75, 3.05) is 139 Å². The number of hydrogen-bond acceptors (Lipinski definition) is 12. The number of alkyl carbamates (subject to hydrolysis) is 1. The molecular weight excluding hydrogens is 698 g/mol. The van der Waals surface area contributed by atoms with E-state index in [2.05, 4.69) is 12.2 Å². The molecule has 54 heavy (non-hydrogen) atoms. The van der Waals surface area contributed by atoms with Crippen molar-refractivity contribution in [3.05, 3.63) is 0 Å². The summed E-state index contributed by atoms with van der Waals surface area (Å²) in [6.45, 7) is 18.7. The minimum absolute atomic E-state index is 0.386. The van der Waals surface area contributed by atoms with E-state index in [4.69, 9.17) is 52.1 Å². The van der Waals surface area contributed by atoms with Crippen molar-refractivity contribution >= 4 is 6.09 Å². The summed E-state index contributed by atoms with van der Waals surface area (Å²) in [5.74, 6) is 0. The summed E-state index contributed by atoms with van der Waals surface area (Å²) in [5.41, 5.74) is -0.509. The highest BCUT2D eigenvalue weighted by atomic mass is 16.6. The lowest BCUT2D eigenvalue weighted by molar-refractivity contribution is -0.0264. The first kappa shape index (κ1) is 52.9. The summed E-state index contributed by atoms with van der Waals surface area (Å²) in [4.78, 5) is 11.5. The molecule has 0 aromatic heterocycles. The van der Waals surface area contributed by atoms with Crippen LogP contribution in [-0.4, -0.2) is 150 Å². The summed E-state index contributed by atoms with van der Waals surface area (Å²) in [7, 11) is 0. The molecule has 0 aliphatic rings. The molecule has 0 saturated carbocycles. The molecule has 324 valence electrons. The molecule has 13 nitrogen and oxygen atoms in total. The number of unbranched alkanes of at least 4 members (excludes halogenated alkanes) is 13. The van der Waals surface area contributed by atoms with Gasteiger partial charge in [-0.2, -0.15) is 0 Å². The third-order valence-corrected chi connectivity index (χ3v) is 7.90. The van der Waals surface area contributed by atoms with Crippen LogP contribution in [0.3, 0.4) is 0 Å². The quantitative estimate of drug-likeness (QED) is 0.0630. The second-order valence-corrected chi connectivity index (χ2v) is 14.1. The van der Waals surface area contributed by atoms with E-state index in [0.717, 1.165) is 13.0 Å². The maximum atomic E-state index is 11.5. The van der Waals surface area contributed by atoms with Crippen LogP contribution in [-0.2, 0) is 52.1 Å². The molecule has 1 N–H and O–H groups in total. The summed E-state index contributed by atoms with van der Waals surface area (Å²) in [5, 5.41) is 2.64. The monoisotopic (exact) mass is 782 g/mol. The van der Waals surface area contributed by atoms with Gasteiger partial charge in [0.1, 0.15) is 5.60 Å². The Morgan fingerprint density at radius 2 is 0.593 bits per heavy atom. The second kappa shape index (κ2) is 44.6. The molecule has 13 heteroatoms. The first-order valence-electron chi connectivity index (χ1n) is 21.2. The van der Waals surface area contributed by atoms with Gasteiger partial charge in [-0.1, -0.05) is 90.4 Å². The molecule has 0 aromatic rings. The van der Waals surface area contributed by atoms with E-state index in [1.807, 2.05) is 20.8 Å². The number of hydrogen-bond donors (Lipinski definition) is 1. The molecule has 0 heterocycles. The minimum Gasteiger partial charge on any atom is -0.444 e. The highest BCUT2D eigenvalue weighted by Crippen LogP contribution is 2.13. The van der Waals surface area contributed by atoms with E-state index in [1.165, 1.54) is 83.5 Å². The van der Waals surface area contributed by atoms with E-state index in [0.29, 0.717) is 132 Å². The van der Waals surface area contributed by atoms with Gasteiger partial charge in [0.15, 0.2) is 0 Å². The number of ether oxygens (including phenoxy) is 11. The topological polar surface area (TPSA) is 131 Å². The van der Waals surface area contributed by atoms with E-state index >= 15 is 0 Å². The van der Waals surface area contributed by atoms with Gasteiger partial charge in [0.25, 0.3) is 0 Å². The number of nitrogens with one attached hydrogen (secondary N) is 1. The van der Waals surface area contributed by atoms with Crippen LogP contribution in [0, 0.1) is 0 Å². The Labute approximate surface area is 329 Å². The third kappa shape index (κ3) is 48.9. The Morgan fingerprint density at radius 1 is 0.352 bits per heavy atom. The predicted octanol–water partition coefficient (Wildman–Crippen LogP) is 7.16. The highest BCUT2D eigenvalue weighted by Gasteiger charge is 2.15. The molecule has 1 amide bonds. The Morgan fingerprint density at radius 3 is 0.870 bits per heavy atom. The van der Waals surface area contributed by atoms with Crippen LogP contribution in [0.1, 0.15) is 118 Å². The van der Waals surface area contributed by atoms with Gasteiger partial charge >= 0.3 is 6.09 Å². The Kier molecular flexibility index (Phi) is 43.7. The number of rotatable bonds is 45. The maximum Gasteiger partial charge on any atom is 0.407 e. The maximum absolute atomic E-state index is 11.5. The smallest absolute Gasteiger partial charge is 0.407 e. The third-order valence-electron chi connectivity index (χ3n) is 7.90. The Hall–Kier alpha value is -1.13. The summed E-state index contributed by atoms with van der Waals surface area (Å²) in [6, 6.07) is 0. The van der Waals surface area contributed by atoms with E-state index in [9.17, 15) is 4.79 Å². The van der Waals surface area contributed by atoms with Crippen molar-refractivity contribution in [2.24, 2.45) is 0 Å². The van der Waals surface area contributed by atoms with Gasteiger partial charge in [-0.25, -0.2) is 4.79 Å². The molecule has 0 aliphatic carbocycles. The second-order valence-electron chi connectivity index (χ2n) is 14.1. The molecular formula is C41H83NO12. The van der Waals surface area contributed by atoms with E-state index in [1.54, 1.807) is 0 Å². The van der Waals surface area contributed by atoms with Gasteiger partial charge in [0.2, 0.25) is 0 Å². The Bertz CT molecular complexity index is 729. The van der Waals surface area contributed by atoms with E-state index in [-0.39, 0.29) is 0 Å². The molecule has 0 bridgehead atoms. The highest BCUT2D eigenvalue weighted by molar-refractivity contribution is 5.67. The fourth-order valence-corrected chi connectivity index (χ4v) is 5.02. The fourth-order valence-electron chi connectivity index (χ4n) is 5.02. The standard InChI is InChI=1S/C41H83NO12/c1-5-6-7-8-9-10-11-12-13-14-15-16-17-18-20-44-22-24-46-26-28-48-30-32-50-34-36-52-38-39-53-37-35-51-33-31-49-29-27-47-25-23-45-21-19-42-40(43)54-41(2,3)4/h5-39H2,1-4H3,(H,42,43). The van der Waals surface area contributed by atoms with Gasteiger partial charge in [0.05, 0.1) is 126 Å². The zero-order valence-corrected chi connectivity index (χ0v) is 35.1. The molecule has 0 rings (SSSR count). The zero-order chi connectivity index (χ0) is 39.3. The Balaban J connectivity index is 3.09. The zero-order valence-electron chi connectivity index (χ0n) is 35.1. The normalized spacial score (nSPS) is 11.8. The molecule has 0 saturated heterocycles. The van der Waals surface area contributed by atoms with Crippen molar-refractivity contribution < 1.29 is 56.9 Å². The predicted molar refractivity (Wildman–Crippen MR) is 213 cm³/mol. The van der Waals surface area contributed by atoms with Gasteiger partial charge in [-0.3, -0.25) is 0 Å². The lowest BCUT2D eigenvalue weighted by Gasteiger charge is -2.19. The van der Waals surface area contributed by atoms with Crippen molar-refractivity contribution in [1.82, 2.24) is 5.32 Å². The molecule has 0 fully saturated rings. The lowest BCUT2D eigenvalue weighted by atomic mass is 10.0. The first-order valence-corrected chi connectivity index (χ1v) is 21.2. The van der Waals surface area contributed by atoms with Gasteiger partial charge in [0, 0.05) is 13.2 Å². The van der Waals surface area contributed by atoms with Crippen LogP contribution < -0.4 is 5.32 Å². The van der Waals surface area contributed by atoms with Crippen molar-refractivity contribution in [1.29, 1.82) is 0 Å². The number of carbonyl (C=O) groups is 1. The van der Waals surface area contributed by atoms with Gasteiger partial charge < -0.3 is 57.4 Å².